The number of fused-ring (bicyclic) bond motifs is 1. The Morgan fingerprint density at radius 3 is 2.29 bits per heavy atom. The van der Waals surface area contributed by atoms with Gasteiger partial charge in [-0.3, -0.25) is 4.90 Å². The largest absolute Gasteiger partial charge is 0.494 e. The first-order valence-electron chi connectivity index (χ1n) is 13.8. The number of nitrogens with zero attached hydrogens (tertiary/aromatic N) is 3. The fourth-order valence-electron chi connectivity index (χ4n) is 4.60. The van der Waals surface area contributed by atoms with Crippen LogP contribution in [0.3, 0.4) is 0 Å². The molecule has 11 heteroatoms. The summed E-state index contributed by atoms with van der Waals surface area (Å²) in [5.74, 6) is 1.13. The number of hydrogen-bond donors (Lipinski definition) is 0. The molecule has 222 valence electrons. The Labute approximate surface area is 250 Å². The molecule has 0 N–H and O–H groups in total. The van der Waals surface area contributed by atoms with Crippen LogP contribution in [-0.2, 0) is 14.6 Å². The average Bonchev–Trinajstić information content (AvgIpc) is 3.39. The fourth-order valence-corrected chi connectivity index (χ4v) is 6.00. The van der Waals surface area contributed by atoms with Gasteiger partial charge in [-0.2, -0.15) is 0 Å². The van der Waals surface area contributed by atoms with E-state index in [0.717, 1.165) is 37.4 Å². The van der Waals surface area contributed by atoms with Gasteiger partial charge < -0.3 is 18.8 Å². The minimum absolute atomic E-state index is 0.119. The zero-order chi connectivity index (χ0) is 29.9. The molecule has 0 aliphatic carbocycles. The van der Waals surface area contributed by atoms with Crippen molar-refractivity contribution in [3.8, 4) is 17.2 Å². The predicted octanol–water partition coefficient (Wildman–Crippen LogP) is 6.30. The summed E-state index contributed by atoms with van der Waals surface area (Å²) in [6, 6.07) is 18.1. The van der Waals surface area contributed by atoms with Crippen LogP contribution in [0.4, 0.5) is 4.79 Å². The third kappa shape index (κ3) is 7.24. The van der Waals surface area contributed by atoms with Crippen LogP contribution in [0.1, 0.15) is 27.2 Å². The summed E-state index contributed by atoms with van der Waals surface area (Å²) in [6.45, 7) is 10.0. The van der Waals surface area contributed by atoms with Gasteiger partial charge in [0.25, 0.3) is 0 Å². The van der Waals surface area contributed by atoms with E-state index < -0.39 is 15.4 Å². The maximum atomic E-state index is 13.0. The number of amides is 1. The first kappa shape index (κ1) is 29.9. The molecule has 0 unspecified atom stereocenters. The highest BCUT2D eigenvalue weighted by Gasteiger charge is 2.25. The SMILES string of the molecule is CC(C)(C)OC(=O)N1CCN(CCCOc2ccc(-c3nc4ccc(S(=O)(=O)c5ccc(Cl)cc5)cc4o3)cc2)CC1. The predicted molar refractivity (Wildman–Crippen MR) is 161 cm³/mol. The van der Waals surface area contributed by atoms with Gasteiger partial charge in [0.1, 0.15) is 16.9 Å². The van der Waals surface area contributed by atoms with E-state index in [1.807, 2.05) is 45.0 Å². The number of ether oxygens (including phenoxy) is 2. The number of carbonyl (C=O) groups excluding carboxylic acids is 1. The van der Waals surface area contributed by atoms with Crippen LogP contribution in [0.5, 0.6) is 5.75 Å². The van der Waals surface area contributed by atoms with Gasteiger partial charge in [0.15, 0.2) is 5.58 Å². The number of carbonyl (C=O) groups is 1. The number of aromatic nitrogens is 1. The number of benzene rings is 3. The number of rotatable bonds is 8. The molecule has 3 aromatic carbocycles. The fraction of sp³-hybridized carbons (Fsp3) is 0.355. The van der Waals surface area contributed by atoms with E-state index in [0.29, 0.717) is 41.7 Å². The van der Waals surface area contributed by atoms with Crippen LogP contribution in [0, 0.1) is 0 Å². The third-order valence-corrected chi connectivity index (χ3v) is 8.83. The van der Waals surface area contributed by atoms with Crippen molar-refractivity contribution in [3.05, 3.63) is 71.8 Å². The molecule has 4 aromatic rings. The number of oxazole rings is 1. The highest BCUT2D eigenvalue weighted by Crippen LogP contribution is 2.30. The standard InChI is InChI=1S/C31H34ClN3O6S/c1-31(2,3)41-30(36)35-18-16-34(17-19-35)15-4-20-39-24-9-5-22(6-10-24)29-33-27-14-13-26(21-28(27)40-29)42(37,38)25-11-7-23(32)8-12-25/h5-14,21H,4,15-20H2,1-3H3. The Morgan fingerprint density at radius 2 is 1.62 bits per heavy atom. The Balaban J connectivity index is 1.12. The maximum Gasteiger partial charge on any atom is 0.410 e. The zero-order valence-electron chi connectivity index (χ0n) is 23.9. The van der Waals surface area contributed by atoms with Gasteiger partial charge in [0.2, 0.25) is 15.7 Å². The lowest BCUT2D eigenvalue weighted by molar-refractivity contribution is 0.0142. The van der Waals surface area contributed by atoms with Crippen molar-refractivity contribution in [2.75, 3.05) is 39.3 Å². The van der Waals surface area contributed by atoms with Gasteiger partial charge >= 0.3 is 6.09 Å². The van der Waals surface area contributed by atoms with Crippen LogP contribution in [0.25, 0.3) is 22.6 Å². The number of halogens is 1. The molecule has 5 rings (SSSR count). The molecule has 1 fully saturated rings. The van der Waals surface area contributed by atoms with Crippen molar-refractivity contribution in [1.29, 1.82) is 0 Å². The molecule has 0 atom stereocenters. The number of sulfone groups is 1. The van der Waals surface area contributed by atoms with E-state index >= 15 is 0 Å². The highest BCUT2D eigenvalue weighted by molar-refractivity contribution is 7.91. The monoisotopic (exact) mass is 611 g/mol. The molecule has 2 heterocycles. The molecule has 42 heavy (non-hydrogen) atoms. The average molecular weight is 612 g/mol. The highest BCUT2D eigenvalue weighted by atomic mass is 35.5. The van der Waals surface area contributed by atoms with Crippen LogP contribution in [0.2, 0.25) is 5.02 Å². The van der Waals surface area contributed by atoms with Gasteiger partial charge in [-0.15, -0.1) is 0 Å². The molecular weight excluding hydrogens is 578 g/mol. The number of piperazine rings is 1. The molecule has 0 bridgehead atoms. The summed E-state index contributed by atoms with van der Waals surface area (Å²) in [4.78, 5) is 21.1. The summed E-state index contributed by atoms with van der Waals surface area (Å²) in [6.07, 6.45) is 0.610. The molecular formula is C31H34ClN3O6S. The smallest absolute Gasteiger partial charge is 0.410 e. The zero-order valence-corrected chi connectivity index (χ0v) is 25.5. The van der Waals surface area contributed by atoms with E-state index in [1.165, 1.54) is 24.3 Å². The lowest BCUT2D eigenvalue weighted by Crippen LogP contribution is -2.50. The number of hydrogen-bond acceptors (Lipinski definition) is 8. The topological polar surface area (TPSA) is 102 Å². The van der Waals surface area contributed by atoms with Crippen LogP contribution in [0.15, 0.2) is 80.9 Å². The van der Waals surface area contributed by atoms with E-state index in [4.69, 9.17) is 25.5 Å². The minimum atomic E-state index is -3.73. The third-order valence-electron chi connectivity index (χ3n) is 6.81. The first-order chi connectivity index (χ1) is 20.0. The van der Waals surface area contributed by atoms with Crippen molar-refractivity contribution in [2.45, 2.75) is 42.6 Å². The lowest BCUT2D eigenvalue weighted by atomic mass is 10.2. The second kappa shape index (κ2) is 12.3. The van der Waals surface area contributed by atoms with Gasteiger partial charge in [-0.25, -0.2) is 18.2 Å². The molecule has 1 aromatic heterocycles. The van der Waals surface area contributed by atoms with Gasteiger partial charge in [0, 0.05) is 49.4 Å². The molecule has 9 nitrogen and oxygen atoms in total. The summed E-state index contributed by atoms with van der Waals surface area (Å²) in [5.41, 5.74) is 1.21. The lowest BCUT2D eigenvalue weighted by Gasteiger charge is -2.35. The van der Waals surface area contributed by atoms with E-state index in [2.05, 4.69) is 9.88 Å². The molecule has 0 spiro atoms. The Kier molecular flexibility index (Phi) is 8.77. The summed E-state index contributed by atoms with van der Waals surface area (Å²) >= 11 is 5.90. The van der Waals surface area contributed by atoms with Crippen molar-refractivity contribution in [1.82, 2.24) is 14.8 Å². The summed E-state index contributed by atoms with van der Waals surface area (Å²) in [7, 11) is -3.73. The molecule has 1 aliphatic heterocycles. The van der Waals surface area contributed by atoms with Crippen molar-refractivity contribution in [2.24, 2.45) is 0 Å². The summed E-state index contributed by atoms with van der Waals surface area (Å²) in [5, 5.41) is 0.465. The normalized spacial score (nSPS) is 14.7. The molecule has 0 saturated carbocycles. The minimum Gasteiger partial charge on any atom is -0.494 e. The molecule has 0 radical (unpaired) electrons. The quantitative estimate of drug-likeness (QED) is 0.214. The van der Waals surface area contributed by atoms with Crippen LogP contribution >= 0.6 is 11.6 Å². The molecule has 1 amide bonds. The van der Waals surface area contributed by atoms with Crippen LogP contribution < -0.4 is 4.74 Å². The molecule has 1 saturated heterocycles. The van der Waals surface area contributed by atoms with E-state index in [1.54, 1.807) is 23.1 Å². The molecule has 1 aliphatic rings. The maximum absolute atomic E-state index is 13.0. The Morgan fingerprint density at radius 1 is 0.952 bits per heavy atom. The van der Waals surface area contributed by atoms with E-state index in [-0.39, 0.29) is 15.9 Å². The Bertz CT molecular complexity index is 1640. The van der Waals surface area contributed by atoms with Gasteiger partial charge in [-0.1, -0.05) is 11.6 Å². The summed E-state index contributed by atoms with van der Waals surface area (Å²) < 4.78 is 43.4. The van der Waals surface area contributed by atoms with Crippen molar-refractivity contribution in [3.63, 3.8) is 0 Å². The van der Waals surface area contributed by atoms with Gasteiger partial charge in [-0.05, 0) is 87.9 Å². The van der Waals surface area contributed by atoms with Gasteiger partial charge in [0.05, 0.1) is 16.4 Å². The second-order valence-corrected chi connectivity index (χ2v) is 13.5. The first-order valence-corrected chi connectivity index (χ1v) is 15.7. The second-order valence-electron chi connectivity index (χ2n) is 11.1. The van der Waals surface area contributed by atoms with Crippen LogP contribution in [-0.4, -0.2) is 74.2 Å². The van der Waals surface area contributed by atoms with Crippen molar-refractivity contribution >= 4 is 38.6 Å². The Hall–Kier alpha value is -3.60. The van der Waals surface area contributed by atoms with Crippen molar-refractivity contribution < 1.29 is 27.1 Å². The van der Waals surface area contributed by atoms with E-state index in [9.17, 15) is 13.2 Å².